The number of rotatable bonds is 8. The molecule has 0 aliphatic rings. The zero-order valence-corrected chi connectivity index (χ0v) is 15.4. The smallest absolute Gasteiger partial charge is 0.307 e. The molecule has 6 heteroatoms. The van der Waals surface area contributed by atoms with Gasteiger partial charge >= 0.3 is 5.97 Å². The number of hydrogen-bond donors (Lipinski definition) is 2. The van der Waals surface area contributed by atoms with Crippen molar-refractivity contribution in [2.75, 3.05) is 11.9 Å². The highest BCUT2D eigenvalue weighted by Gasteiger charge is 2.16. The molecule has 2 N–H and O–H groups in total. The molecule has 26 heavy (non-hydrogen) atoms. The number of carbonyl (C=O) groups excluding carboxylic acids is 2. The molecule has 0 unspecified atom stereocenters. The van der Waals surface area contributed by atoms with Crippen molar-refractivity contribution in [2.45, 2.75) is 39.8 Å². The Hall–Kier alpha value is -2.89. The number of anilines is 1. The molecule has 0 aliphatic carbocycles. The predicted octanol–water partition coefficient (Wildman–Crippen LogP) is 3.07. The van der Waals surface area contributed by atoms with E-state index in [1.54, 1.807) is 32.3 Å². The molecule has 1 atom stereocenters. The second-order valence-electron chi connectivity index (χ2n) is 6.08. The fraction of sp³-hybridized carbons (Fsp3) is 0.350. The van der Waals surface area contributed by atoms with Crippen LogP contribution in [0.1, 0.15) is 41.8 Å². The number of benzene rings is 1. The SMILES string of the molecule is CCOC(=O)C[C@@H](C)NC(=O)c1cccc(NCc2cccnc2)c1C. The lowest BCUT2D eigenvalue weighted by Crippen LogP contribution is -2.35. The summed E-state index contributed by atoms with van der Waals surface area (Å²) in [5.41, 5.74) is 3.39. The Bertz CT molecular complexity index is 747. The van der Waals surface area contributed by atoms with Crippen LogP contribution in [0.15, 0.2) is 42.7 Å². The number of carbonyl (C=O) groups is 2. The zero-order chi connectivity index (χ0) is 18.9. The lowest BCUT2D eigenvalue weighted by Gasteiger charge is -2.16. The lowest BCUT2D eigenvalue weighted by molar-refractivity contribution is -0.143. The number of hydrogen-bond acceptors (Lipinski definition) is 5. The van der Waals surface area contributed by atoms with Crippen molar-refractivity contribution in [3.8, 4) is 0 Å². The second kappa shape index (κ2) is 9.56. The first kappa shape index (κ1) is 19.4. The van der Waals surface area contributed by atoms with Crippen LogP contribution in [0, 0.1) is 6.92 Å². The van der Waals surface area contributed by atoms with Crippen molar-refractivity contribution in [2.24, 2.45) is 0 Å². The number of aromatic nitrogens is 1. The minimum Gasteiger partial charge on any atom is -0.466 e. The molecule has 6 nitrogen and oxygen atoms in total. The average molecular weight is 355 g/mol. The first-order valence-electron chi connectivity index (χ1n) is 8.70. The van der Waals surface area contributed by atoms with Gasteiger partial charge in [-0.3, -0.25) is 14.6 Å². The lowest BCUT2D eigenvalue weighted by atomic mass is 10.0. The summed E-state index contributed by atoms with van der Waals surface area (Å²) in [7, 11) is 0. The highest BCUT2D eigenvalue weighted by Crippen LogP contribution is 2.20. The van der Waals surface area contributed by atoms with E-state index >= 15 is 0 Å². The average Bonchev–Trinajstić information content (AvgIpc) is 2.61. The quantitative estimate of drug-likeness (QED) is 0.711. The van der Waals surface area contributed by atoms with Gasteiger partial charge in [0.15, 0.2) is 0 Å². The normalized spacial score (nSPS) is 11.5. The summed E-state index contributed by atoms with van der Waals surface area (Å²) in [5, 5.41) is 6.18. The minimum absolute atomic E-state index is 0.150. The largest absolute Gasteiger partial charge is 0.466 e. The molecule has 0 saturated heterocycles. The minimum atomic E-state index is -0.316. The Balaban J connectivity index is 2.00. The van der Waals surface area contributed by atoms with E-state index in [0.717, 1.165) is 16.8 Å². The third-order valence-electron chi connectivity index (χ3n) is 3.94. The monoisotopic (exact) mass is 355 g/mol. The first-order chi connectivity index (χ1) is 12.5. The summed E-state index contributed by atoms with van der Waals surface area (Å²) in [5.74, 6) is -0.520. The van der Waals surface area contributed by atoms with Gasteiger partial charge in [-0.15, -0.1) is 0 Å². The molecule has 138 valence electrons. The molecule has 1 heterocycles. The molecule has 0 aliphatic heterocycles. The standard InChI is InChI=1S/C20H25N3O3/c1-4-26-19(24)11-14(2)23-20(25)17-8-5-9-18(15(17)3)22-13-16-7-6-10-21-12-16/h5-10,12,14,22H,4,11,13H2,1-3H3,(H,23,25)/t14-/m1/s1. The van der Waals surface area contributed by atoms with Crippen LogP contribution in [0.25, 0.3) is 0 Å². The maximum absolute atomic E-state index is 12.5. The Morgan fingerprint density at radius 2 is 2.04 bits per heavy atom. The van der Waals surface area contributed by atoms with Crippen molar-refractivity contribution in [1.29, 1.82) is 0 Å². The number of pyridine rings is 1. The Morgan fingerprint density at radius 1 is 1.23 bits per heavy atom. The molecule has 1 aromatic carbocycles. The van der Waals surface area contributed by atoms with Crippen molar-refractivity contribution >= 4 is 17.6 Å². The third-order valence-corrected chi connectivity index (χ3v) is 3.94. The molecule has 0 fully saturated rings. The highest BCUT2D eigenvalue weighted by atomic mass is 16.5. The van der Waals surface area contributed by atoms with Crippen molar-refractivity contribution < 1.29 is 14.3 Å². The van der Waals surface area contributed by atoms with Crippen LogP contribution in [-0.2, 0) is 16.1 Å². The van der Waals surface area contributed by atoms with Crippen LogP contribution in [0.3, 0.4) is 0 Å². The van der Waals surface area contributed by atoms with E-state index in [1.165, 1.54) is 0 Å². The molecule has 0 spiro atoms. The summed E-state index contributed by atoms with van der Waals surface area (Å²) in [6.45, 7) is 6.40. The van der Waals surface area contributed by atoms with Gasteiger partial charge in [-0.2, -0.15) is 0 Å². The van der Waals surface area contributed by atoms with E-state index in [0.29, 0.717) is 18.7 Å². The van der Waals surface area contributed by atoms with Gasteiger partial charge < -0.3 is 15.4 Å². The number of esters is 1. The topological polar surface area (TPSA) is 80.3 Å². The van der Waals surface area contributed by atoms with Gasteiger partial charge in [-0.05, 0) is 50.1 Å². The highest BCUT2D eigenvalue weighted by molar-refractivity contribution is 5.97. The fourth-order valence-electron chi connectivity index (χ4n) is 2.60. The molecule has 1 aromatic heterocycles. The molecule has 2 aromatic rings. The maximum atomic E-state index is 12.5. The summed E-state index contributed by atoms with van der Waals surface area (Å²) in [6, 6.07) is 9.13. The van der Waals surface area contributed by atoms with E-state index < -0.39 is 0 Å². The Morgan fingerprint density at radius 3 is 2.73 bits per heavy atom. The van der Waals surface area contributed by atoms with E-state index in [-0.39, 0.29) is 24.3 Å². The summed E-state index contributed by atoms with van der Waals surface area (Å²) in [6.07, 6.45) is 3.69. The predicted molar refractivity (Wildman–Crippen MR) is 101 cm³/mol. The molecule has 0 bridgehead atoms. The van der Waals surface area contributed by atoms with Crippen LogP contribution in [0.5, 0.6) is 0 Å². The maximum Gasteiger partial charge on any atom is 0.307 e. The molecule has 0 radical (unpaired) electrons. The summed E-state index contributed by atoms with van der Waals surface area (Å²) >= 11 is 0. The molecule has 0 saturated carbocycles. The first-order valence-corrected chi connectivity index (χ1v) is 8.70. The van der Waals surface area contributed by atoms with Gasteiger partial charge in [0.05, 0.1) is 13.0 Å². The molecule has 2 rings (SSSR count). The van der Waals surface area contributed by atoms with E-state index in [9.17, 15) is 9.59 Å². The summed E-state index contributed by atoms with van der Waals surface area (Å²) in [4.78, 5) is 28.2. The molecular weight excluding hydrogens is 330 g/mol. The Labute approximate surface area is 154 Å². The number of amides is 1. The fourth-order valence-corrected chi connectivity index (χ4v) is 2.60. The van der Waals surface area contributed by atoms with Crippen molar-refractivity contribution in [3.63, 3.8) is 0 Å². The van der Waals surface area contributed by atoms with E-state index in [1.807, 2.05) is 31.2 Å². The van der Waals surface area contributed by atoms with Crippen LogP contribution in [0.2, 0.25) is 0 Å². The van der Waals surface area contributed by atoms with E-state index in [4.69, 9.17) is 4.74 Å². The number of nitrogens with zero attached hydrogens (tertiary/aromatic N) is 1. The Kier molecular flexibility index (Phi) is 7.14. The van der Waals surface area contributed by atoms with Gasteiger partial charge in [0.1, 0.15) is 0 Å². The van der Waals surface area contributed by atoms with E-state index in [2.05, 4.69) is 15.6 Å². The van der Waals surface area contributed by atoms with Crippen LogP contribution >= 0.6 is 0 Å². The third kappa shape index (κ3) is 5.58. The number of ether oxygens (including phenoxy) is 1. The van der Waals surface area contributed by atoms with Gasteiger partial charge in [-0.1, -0.05) is 12.1 Å². The molecular formula is C20H25N3O3. The van der Waals surface area contributed by atoms with Crippen LogP contribution in [-0.4, -0.2) is 29.5 Å². The van der Waals surface area contributed by atoms with Crippen molar-refractivity contribution in [3.05, 3.63) is 59.4 Å². The van der Waals surface area contributed by atoms with Crippen molar-refractivity contribution in [1.82, 2.24) is 10.3 Å². The second-order valence-corrected chi connectivity index (χ2v) is 6.08. The van der Waals surface area contributed by atoms with Crippen LogP contribution in [0.4, 0.5) is 5.69 Å². The zero-order valence-electron chi connectivity index (χ0n) is 15.4. The van der Waals surface area contributed by atoms with Gasteiger partial charge in [0, 0.05) is 36.2 Å². The van der Waals surface area contributed by atoms with Gasteiger partial charge in [-0.25, -0.2) is 0 Å². The van der Waals surface area contributed by atoms with Gasteiger partial charge in [0.25, 0.3) is 5.91 Å². The molecule has 1 amide bonds. The van der Waals surface area contributed by atoms with Gasteiger partial charge in [0.2, 0.25) is 0 Å². The number of nitrogens with one attached hydrogen (secondary N) is 2. The van der Waals surface area contributed by atoms with Crippen LogP contribution < -0.4 is 10.6 Å². The summed E-state index contributed by atoms with van der Waals surface area (Å²) < 4.78 is 4.91.